The van der Waals surface area contributed by atoms with Crippen LogP contribution in [0, 0.1) is 18.7 Å². The Labute approximate surface area is 186 Å². The molecule has 0 saturated heterocycles. The summed E-state index contributed by atoms with van der Waals surface area (Å²) >= 11 is 0. The SMILES string of the molecule is CCN(Cc1cnn(C)c1C)C(=O)C1CCc2nc(-c3ccc(F)cc3)[nH]c(=O)c2CC1. The molecule has 3 aromatic rings. The predicted octanol–water partition coefficient (Wildman–Crippen LogP) is 3.16. The normalized spacial score (nSPS) is 15.8. The number of aryl methyl sites for hydroxylation is 2. The van der Waals surface area contributed by atoms with Crippen LogP contribution in [0.4, 0.5) is 4.39 Å². The van der Waals surface area contributed by atoms with Gasteiger partial charge in [-0.05, 0) is 63.8 Å². The summed E-state index contributed by atoms with van der Waals surface area (Å²) in [5.41, 5.74) is 3.95. The number of nitrogens with one attached hydrogen (secondary N) is 1. The largest absolute Gasteiger partial charge is 0.338 e. The van der Waals surface area contributed by atoms with Crippen molar-refractivity contribution in [3.8, 4) is 11.4 Å². The van der Waals surface area contributed by atoms with Crippen molar-refractivity contribution < 1.29 is 9.18 Å². The fourth-order valence-electron chi connectivity index (χ4n) is 4.28. The summed E-state index contributed by atoms with van der Waals surface area (Å²) in [6.45, 7) is 5.13. The average molecular weight is 438 g/mol. The Hall–Kier alpha value is -3.29. The molecule has 1 amide bonds. The van der Waals surface area contributed by atoms with E-state index in [4.69, 9.17) is 0 Å². The molecule has 168 valence electrons. The van der Waals surface area contributed by atoms with E-state index in [1.54, 1.807) is 12.1 Å². The Morgan fingerprint density at radius 3 is 2.62 bits per heavy atom. The number of rotatable bonds is 5. The van der Waals surface area contributed by atoms with E-state index in [2.05, 4.69) is 15.1 Å². The van der Waals surface area contributed by atoms with Gasteiger partial charge < -0.3 is 9.88 Å². The summed E-state index contributed by atoms with van der Waals surface area (Å²) < 4.78 is 15.1. The topological polar surface area (TPSA) is 83.9 Å². The maximum Gasteiger partial charge on any atom is 0.254 e. The summed E-state index contributed by atoms with van der Waals surface area (Å²) in [6.07, 6.45) is 4.16. The second-order valence-corrected chi connectivity index (χ2v) is 8.35. The van der Waals surface area contributed by atoms with Gasteiger partial charge in [0.15, 0.2) is 0 Å². The highest BCUT2D eigenvalue weighted by atomic mass is 19.1. The second-order valence-electron chi connectivity index (χ2n) is 8.35. The number of nitrogens with zero attached hydrogens (tertiary/aromatic N) is 4. The summed E-state index contributed by atoms with van der Waals surface area (Å²) in [6, 6.07) is 5.89. The lowest BCUT2D eigenvalue weighted by Gasteiger charge is -2.25. The number of carbonyl (C=O) groups excluding carboxylic acids is 1. The third kappa shape index (κ3) is 4.35. The average Bonchev–Trinajstić information content (AvgIpc) is 2.98. The molecular weight excluding hydrogens is 409 g/mol. The number of hydrogen-bond acceptors (Lipinski definition) is 4. The minimum Gasteiger partial charge on any atom is -0.338 e. The van der Waals surface area contributed by atoms with Crippen LogP contribution in [-0.4, -0.2) is 37.1 Å². The van der Waals surface area contributed by atoms with Gasteiger partial charge in [0.2, 0.25) is 5.91 Å². The number of aromatic nitrogens is 4. The lowest BCUT2D eigenvalue weighted by molar-refractivity contribution is -0.136. The van der Waals surface area contributed by atoms with Gasteiger partial charge in [-0.25, -0.2) is 9.37 Å². The van der Waals surface area contributed by atoms with Crippen molar-refractivity contribution in [3.63, 3.8) is 0 Å². The van der Waals surface area contributed by atoms with Crippen LogP contribution in [0.5, 0.6) is 0 Å². The Kier molecular flexibility index (Phi) is 6.21. The molecular formula is C24H28FN5O2. The first-order valence-electron chi connectivity index (χ1n) is 11.0. The van der Waals surface area contributed by atoms with Crippen molar-refractivity contribution in [3.05, 3.63) is 69.1 Å². The van der Waals surface area contributed by atoms with E-state index in [9.17, 15) is 14.0 Å². The number of halogens is 1. The maximum atomic E-state index is 13.3. The highest BCUT2D eigenvalue weighted by Crippen LogP contribution is 2.26. The van der Waals surface area contributed by atoms with Gasteiger partial charge in [0.25, 0.3) is 5.56 Å². The van der Waals surface area contributed by atoms with Crippen molar-refractivity contribution in [1.82, 2.24) is 24.6 Å². The van der Waals surface area contributed by atoms with Crippen LogP contribution in [-0.2, 0) is 31.2 Å². The molecule has 0 bridgehead atoms. The van der Waals surface area contributed by atoms with E-state index in [1.807, 2.05) is 36.7 Å². The molecule has 0 saturated carbocycles. The zero-order chi connectivity index (χ0) is 22.8. The molecule has 8 heteroatoms. The molecule has 2 heterocycles. The number of aromatic amines is 1. The minimum atomic E-state index is -0.339. The van der Waals surface area contributed by atoms with Crippen LogP contribution in [0.3, 0.4) is 0 Å². The van der Waals surface area contributed by atoms with Crippen LogP contribution in [0.15, 0.2) is 35.3 Å². The van der Waals surface area contributed by atoms with Crippen LogP contribution in [0.25, 0.3) is 11.4 Å². The predicted molar refractivity (Wildman–Crippen MR) is 119 cm³/mol. The minimum absolute atomic E-state index is 0.110. The number of amides is 1. The summed E-state index contributed by atoms with van der Waals surface area (Å²) in [5.74, 6) is 0.0449. The molecule has 0 aliphatic heterocycles. The Morgan fingerprint density at radius 2 is 1.97 bits per heavy atom. The van der Waals surface area contributed by atoms with Gasteiger partial charge in [-0.1, -0.05) is 0 Å². The number of benzene rings is 1. The van der Waals surface area contributed by atoms with Gasteiger partial charge in [-0.15, -0.1) is 0 Å². The van der Waals surface area contributed by atoms with E-state index in [-0.39, 0.29) is 23.2 Å². The van der Waals surface area contributed by atoms with Crippen molar-refractivity contribution >= 4 is 5.91 Å². The van der Waals surface area contributed by atoms with Gasteiger partial charge in [0, 0.05) is 48.4 Å². The zero-order valence-corrected chi connectivity index (χ0v) is 18.7. The Balaban J connectivity index is 1.52. The van der Waals surface area contributed by atoms with Gasteiger partial charge in [0.1, 0.15) is 11.6 Å². The number of carbonyl (C=O) groups is 1. The van der Waals surface area contributed by atoms with E-state index in [1.165, 1.54) is 12.1 Å². The molecule has 0 fully saturated rings. The van der Waals surface area contributed by atoms with Gasteiger partial charge in [-0.3, -0.25) is 14.3 Å². The first-order chi connectivity index (χ1) is 15.4. The summed E-state index contributed by atoms with van der Waals surface area (Å²) in [4.78, 5) is 35.4. The van der Waals surface area contributed by atoms with Crippen LogP contribution in [0.2, 0.25) is 0 Å². The number of hydrogen-bond donors (Lipinski definition) is 1. The molecule has 0 spiro atoms. The third-order valence-electron chi connectivity index (χ3n) is 6.43. The highest BCUT2D eigenvalue weighted by molar-refractivity contribution is 5.79. The van der Waals surface area contributed by atoms with Crippen molar-refractivity contribution in [2.75, 3.05) is 6.54 Å². The molecule has 1 N–H and O–H groups in total. The van der Waals surface area contributed by atoms with E-state index < -0.39 is 0 Å². The first-order valence-corrected chi connectivity index (χ1v) is 11.0. The first kappa shape index (κ1) is 21.9. The molecule has 1 aliphatic rings. The van der Waals surface area contributed by atoms with Crippen molar-refractivity contribution in [2.45, 2.75) is 46.1 Å². The Bertz CT molecular complexity index is 1180. The van der Waals surface area contributed by atoms with Crippen LogP contribution < -0.4 is 5.56 Å². The van der Waals surface area contributed by atoms with Crippen molar-refractivity contribution in [2.24, 2.45) is 13.0 Å². The van der Waals surface area contributed by atoms with E-state index >= 15 is 0 Å². The smallest absolute Gasteiger partial charge is 0.254 e. The fourth-order valence-corrected chi connectivity index (χ4v) is 4.28. The van der Waals surface area contributed by atoms with E-state index in [0.29, 0.717) is 55.7 Å². The monoisotopic (exact) mass is 437 g/mol. The molecule has 2 aromatic heterocycles. The molecule has 0 radical (unpaired) electrons. The third-order valence-corrected chi connectivity index (χ3v) is 6.43. The molecule has 1 aliphatic carbocycles. The van der Waals surface area contributed by atoms with Gasteiger partial charge in [-0.2, -0.15) is 5.10 Å². The molecule has 1 aromatic carbocycles. The van der Waals surface area contributed by atoms with Gasteiger partial charge >= 0.3 is 0 Å². The van der Waals surface area contributed by atoms with Gasteiger partial charge in [0.05, 0.1) is 11.9 Å². The molecule has 1 atom stereocenters. The summed E-state index contributed by atoms with van der Waals surface area (Å²) in [7, 11) is 1.89. The number of fused-ring (bicyclic) bond motifs is 1. The molecule has 4 rings (SSSR count). The van der Waals surface area contributed by atoms with Crippen LogP contribution in [0.1, 0.15) is 42.3 Å². The fraction of sp³-hybridized carbons (Fsp3) is 0.417. The highest BCUT2D eigenvalue weighted by Gasteiger charge is 2.28. The standard InChI is InChI=1S/C24H28FN5O2/c1-4-30(14-18-13-26-29(3)15(18)2)24(32)17-7-11-20-21(12-8-17)27-22(28-23(20)31)16-5-9-19(25)10-6-16/h5-6,9-10,13,17H,4,7-8,11-12,14H2,1-3H3,(H,27,28,31). The number of H-pyrrole nitrogens is 1. The second kappa shape index (κ2) is 9.06. The molecule has 7 nitrogen and oxygen atoms in total. The Morgan fingerprint density at radius 1 is 1.25 bits per heavy atom. The van der Waals surface area contributed by atoms with E-state index in [0.717, 1.165) is 17.0 Å². The maximum absolute atomic E-state index is 13.3. The molecule has 32 heavy (non-hydrogen) atoms. The van der Waals surface area contributed by atoms with Crippen LogP contribution >= 0.6 is 0 Å². The lowest BCUT2D eigenvalue weighted by atomic mass is 9.97. The van der Waals surface area contributed by atoms with Crippen molar-refractivity contribution in [1.29, 1.82) is 0 Å². The lowest BCUT2D eigenvalue weighted by Crippen LogP contribution is -2.36. The molecule has 1 unspecified atom stereocenters. The summed E-state index contributed by atoms with van der Waals surface area (Å²) in [5, 5.41) is 4.28. The quantitative estimate of drug-likeness (QED) is 0.622. The zero-order valence-electron chi connectivity index (χ0n) is 18.7.